The van der Waals surface area contributed by atoms with E-state index in [2.05, 4.69) is 5.32 Å². The molecule has 0 heterocycles. The van der Waals surface area contributed by atoms with E-state index in [1.54, 1.807) is 30.3 Å². The number of nitrogens with one attached hydrogen (secondary N) is 1. The lowest BCUT2D eigenvalue weighted by molar-refractivity contribution is -0.118. The second-order valence-corrected chi connectivity index (χ2v) is 6.50. The first-order chi connectivity index (χ1) is 11.5. The van der Waals surface area contributed by atoms with Gasteiger partial charge < -0.3 is 10.1 Å². The monoisotopic (exact) mass is 343 g/mol. The summed E-state index contributed by atoms with van der Waals surface area (Å²) in [5, 5.41) is 3.62. The molecule has 0 saturated heterocycles. The van der Waals surface area contributed by atoms with Gasteiger partial charge in [0.1, 0.15) is 0 Å². The standard InChI is InChI=1S/C19H18ClNO3/c1-12-3-4-13(17(22)24-2)11-16(12)21-18(23)19(9-10-19)14-5-7-15(20)8-6-14/h3-8,11H,9-10H2,1-2H3,(H,21,23). The molecule has 124 valence electrons. The van der Waals surface area contributed by atoms with Crippen LogP contribution in [0.5, 0.6) is 0 Å². The number of amides is 1. The number of aryl methyl sites for hydroxylation is 1. The summed E-state index contributed by atoms with van der Waals surface area (Å²) in [6, 6.07) is 12.5. The molecule has 0 aromatic heterocycles. The minimum atomic E-state index is -0.502. The molecule has 2 aromatic rings. The van der Waals surface area contributed by atoms with E-state index in [1.807, 2.05) is 19.1 Å². The van der Waals surface area contributed by atoms with Crippen molar-refractivity contribution in [1.29, 1.82) is 0 Å². The van der Waals surface area contributed by atoms with Gasteiger partial charge in [0.25, 0.3) is 0 Å². The van der Waals surface area contributed by atoms with Crippen molar-refractivity contribution in [3.63, 3.8) is 0 Å². The third-order valence-corrected chi connectivity index (χ3v) is 4.74. The molecule has 1 fully saturated rings. The molecule has 24 heavy (non-hydrogen) atoms. The zero-order valence-electron chi connectivity index (χ0n) is 13.6. The van der Waals surface area contributed by atoms with Crippen LogP contribution in [0.25, 0.3) is 0 Å². The van der Waals surface area contributed by atoms with Crippen molar-refractivity contribution >= 4 is 29.2 Å². The molecule has 3 rings (SSSR count). The summed E-state index contributed by atoms with van der Waals surface area (Å²) in [5.41, 5.74) is 2.39. The summed E-state index contributed by atoms with van der Waals surface area (Å²) < 4.78 is 4.73. The first-order valence-electron chi connectivity index (χ1n) is 7.73. The van der Waals surface area contributed by atoms with Crippen LogP contribution < -0.4 is 5.32 Å². The van der Waals surface area contributed by atoms with Gasteiger partial charge in [-0.1, -0.05) is 29.8 Å². The van der Waals surface area contributed by atoms with E-state index in [0.29, 0.717) is 16.3 Å². The predicted octanol–water partition coefficient (Wildman–Crippen LogP) is 4.11. The van der Waals surface area contributed by atoms with Crippen molar-refractivity contribution in [3.8, 4) is 0 Å². The Morgan fingerprint density at radius 1 is 1.12 bits per heavy atom. The summed E-state index contributed by atoms with van der Waals surface area (Å²) in [6.07, 6.45) is 1.60. The van der Waals surface area contributed by atoms with Crippen LogP contribution in [0.4, 0.5) is 5.69 Å². The smallest absolute Gasteiger partial charge is 0.337 e. The van der Waals surface area contributed by atoms with Crippen LogP contribution in [0.15, 0.2) is 42.5 Å². The van der Waals surface area contributed by atoms with Crippen molar-refractivity contribution in [2.75, 3.05) is 12.4 Å². The molecule has 1 aliphatic rings. The molecule has 0 unspecified atom stereocenters. The molecule has 0 bridgehead atoms. The fourth-order valence-electron chi connectivity index (χ4n) is 2.78. The zero-order chi connectivity index (χ0) is 17.3. The fourth-order valence-corrected chi connectivity index (χ4v) is 2.91. The molecule has 1 amide bonds. The van der Waals surface area contributed by atoms with E-state index in [1.165, 1.54) is 7.11 Å². The molecule has 0 radical (unpaired) electrons. The molecule has 0 atom stereocenters. The number of carbonyl (C=O) groups excluding carboxylic acids is 2. The van der Waals surface area contributed by atoms with E-state index in [0.717, 1.165) is 24.0 Å². The molecule has 1 N–H and O–H groups in total. The molecule has 1 saturated carbocycles. The van der Waals surface area contributed by atoms with Gasteiger partial charge in [0.05, 0.1) is 18.1 Å². The van der Waals surface area contributed by atoms with Crippen molar-refractivity contribution in [3.05, 3.63) is 64.2 Å². The molecule has 0 aliphatic heterocycles. The van der Waals surface area contributed by atoms with Gasteiger partial charge in [-0.2, -0.15) is 0 Å². The highest BCUT2D eigenvalue weighted by atomic mass is 35.5. The first-order valence-corrected chi connectivity index (χ1v) is 8.10. The third-order valence-electron chi connectivity index (χ3n) is 4.49. The Morgan fingerprint density at radius 3 is 2.38 bits per heavy atom. The number of hydrogen-bond acceptors (Lipinski definition) is 3. The fraction of sp³-hybridized carbons (Fsp3) is 0.263. The molecule has 5 heteroatoms. The topological polar surface area (TPSA) is 55.4 Å². The van der Waals surface area contributed by atoms with Crippen LogP contribution in [0.1, 0.15) is 34.3 Å². The van der Waals surface area contributed by atoms with E-state index >= 15 is 0 Å². The molecular weight excluding hydrogens is 326 g/mol. The maximum absolute atomic E-state index is 12.8. The normalized spacial score (nSPS) is 14.8. The number of benzene rings is 2. The van der Waals surface area contributed by atoms with E-state index in [4.69, 9.17) is 16.3 Å². The Balaban J connectivity index is 1.85. The lowest BCUT2D eigenvalue weighted by Crippen LogP contribution is -2.28. The number of anilines is 1. The molecule has 2 aromatic carbocycles. The van der Waals surface area contributed by atoms with E-state index in [-0.39, 0.29) is 5.91 Å². The molecule has 1 aliphatic carbocycles. The van der Waals surface area contributed by atoms with Gasteiger partial charge in [-0.05, 0) is 55.2 Å². The van der Waals surface area contributed by atoms with Gasteiger partial charge >= 0.3 is 5.97 Å². The maximum Gasteiger partial charge on any atom is 0.337 e. The van der Waals surface area contributed by atoms with Crippen LogP contribution >= 0.6 is 11.6 Å². The number of hydrogen-bond donors (Lipinski definition) is 1. The Kier molecular flexibility index (Phi) is 4.33. The summed E-state index contributed by atoms with van der Waals surface area (Å²) in [6.45, 7) is 1.89. The first kappa shape index (κ1) is 16.5. The predicted molar refractivity (Wildman–Crippen MR) is 93.5 cm³/mol. The Bertz CT molecular complexity index is 795. The van der Waals surface area contributed by atoms with Crippen LogP contribution in [0, 0.1) is 6.92 Å². The number of carbonyl (C=O) groups is 2. The van der Waals surface area contributed by atoms with E-state index in [9.17, 15) is 9.59 Å². The second-order valence-electron chi connectivity index (χ2n) is 6.06. The highest BCUT2D eigenvalue weighted by Gasteiger charge is 2.51. The largest absolute Gasteiger partial charge is 0.465 e. The number of rotatable bonds is 4. The van der Waals surface area contributed by atoms with Gasteiger partial charge in [0, 0.05) is 10.7 Å². The number of ether oxygens (including phenoxy) is 1. The van der Waals surface area contributed by atoms with Gasteiger partial charge in [0.2, 0.25) is 5.91 Å². The van der Waals surface area contributed by atoms with Gasteiger partial charge in [0.15, 0.2) is 0 Å². The third kappa shape index (κ3) is 3.02. The van der Waals surface area contributed by atoms with Crippen molar-refractivity contribution < 1.29 is 14.3 Å². The minimum absolute atomic E-state index is 0.0602. The highest BCUT2D eigenvalue weighted by Crippen LogP contribution is 2.49. The number of methoxy groups -OCH3 is 1. The van der Waals surface area contributed by atoms with Gasteiger partial charge in [-0.25, -0.2) is 4.79 Å². The Hall–Kier alpha value is -2.33. The van der Waals surface area contributed by atoms with Crippen molar-refractivity contribution in [2.24, 2.45) is 0 Å². The van der Waals surface area contributed by atoms with Crippen LogP contribution in [-0.4, -0.2) is 19.0 Å². The van der Waals surface area contributed by atoms with Crippen LogP contribution in [0.2, 0.25) is 5.02 Å². The minimum Gasteiger partial charge on any atom is -0.465 e. The van der Waals surface area contributed by atoms with Crippen LogP contribution in [-0.2, 0) is 14.9 Å². The summed E-state index contributed by atoms with van der Waals surface area (Å²) >= 11 is 5.93. The average Bonchev–Trinajstić information content (AvgIpc) is 3.38. The summed E-state index contributed by atoms with van der Waals surface area (Å²) in [4.78, 5) is 24.5. The van der Waals surface area contributed by atoms with Crippen molar-refractivity contribution in [2.45, 2.75) is 25.2 Å². The number of esters is 1. The second kappa shape index (κ2) is 6.29. The zero-order valence-corrected chi connectivity index (χ0v) is 14.3. The Morgan fingerprint density at radius 2 is 1.79 bits per heavy atom. The van der Waals surface area contributed by atoms with Crippen LogP contribution in [0.3, 0.4) is 0 Å². The van der Waals surface area contributed by atoms with Crippen molar-refractivity contribution in [1.82, 2.24) is 0 Å². The number of halogens is 1. The SMILES string of the molecule is COC(=O)c1ccc(C)c(NC(=O)C2(c3ccc(Cl)cc3)CC2)c1. The highest BCUT2D eigenvalue weighted by molar-refractivity contribution is 6.30. The lowest BCUT2D eigenvalue weighted by Gasteiger charge is -2.17. The summed E-state index contributed by atoms with van der Waals surface area (Å²) in [7, 11) is 1.33. The molecule has 4 nitrogen and oxygen atoms in total. The Labute approximate surface area is 145 Å². The molecule has 0 spiro atoms. The van der Waals surface area contributed by atoms with Gasteiger partial charge in [-0.3, -0.25) is 4.79 Å². The maximum atomic E-state index is 12.8. The summed E-state index contributed by atoms with van der Waals surface area (Å²) in [5.74, 6) is -0.487. The van der Waals surface area contributed by atoms with Gasteiger partial charge in [-0.15, -0.1) is 0 Å². The quantitative estimate of drug-likeness (QED) is 0.850. The van der Waals surface area contributed by atoms with E-state index < -0.39 is 11.4 Å². The lowest BCUT2D eigenvalue weighted by atomic mass is 9.94. The molecular formula is C19H18ClNO3. The average molecular weight is 344 g/mol.